The van der Waals surface area contributed by atoms with Gasteiger partial charge in [-0.3, -0.25) is 4.98 Å². The van der Waals surface area contributed by atoms with Crippen molar-refractivity contribution in [1.82, 2.24) is 4.98 Å². The minimum atomic E-state index is -5.29. The van der Waals surface area contributed by atoms with E-state index in [1.807, 2.05) is 0 Å². The fourth-order valence-electron chi connectivity index (χ4n) is 1.71. The number of pyridine rings is 1. The molecule has 0 aliphatic rings. The first-order valence-electron chi connectivity index (χ1n) is 5.88. The van der Waals surface area contributed by atoms with Gasteiger partial charge in [0.05, 0.1) is 10.5 Å². The number of halogens is 6. The number of rotatable bonds is 3. The molecule has 2 aromatic rings. The molecule has 0 saturated carbocycles. The normalized spacial score (nSPS) is 13.1. The van der Waals surface area contributed by atoms with Crippen molar-refractivity contribution in [2.24, 2.45) is 0 Å². The van der Waals surface area contributed by atoms with E-state index in [0.29, 0.717) is 18.2 Å². The van der Waals surface area contributed by atoms with Gasteiger partial charge in [-0.1, -0.05) is 6.07 Å². The van der Waals surface area contributed by atoms with Crippen LogP contribution in [0.15, 0.2) is 52.0 Å². The molecule has 10 heteroatoms. The summed E-state index contributed by atoms with van der Waals surface area (Å²) in [5, 5.41) is -4.39. The summed E-state index contributed by atoms with van der Waals surface area (Å²) in [6, 6.07) is 4.65. The molecule has 2 rings (SSSR count). The van der Waals surface area contributed by atoms with E-state index in [4.69, 9.17) is 0 Å². The topological polar surface area (TPSA) is 47.0 Å². The van der Waals surface area contributed by atoms with Crippen LogP contribution in [-0.4, -0.2) is 13.4 Å². The lowest BCUT2D eigenvalue weighted by Crippen LogP contribution is -2.28. The average molecular weight is 416 g/mol. The number of hydrogen-bond acceptors (Lipinski definition) is 3. The minimum Gasteiger partial charge on any atom is -0.254 e. The Morgan fingerprint density at radius 1 is 1.00 bits per heavy atom. The van der Waals surface area contributed by atoms with Crippen molar-refractivity contribution >= 4 is 25.8 Å². The summed E-state index contributed by atoms with van der Waals surface area (Å²) in [5.74, 6) is 0. The number of sulfone groups is 1. The molecule has 0 aliphatic heterocycles. The maximum atomic E-state index is 14.2. The highest BCUT2D eigenvalue weighted by molar-refractivity contribution is 9.10. The molecule has 0 saturated heterocycles. The Hall–Kier alpha value is -1.55. The van der Waals surface area contributed by atoms with Crippen molar-refractivity contribution in [3.05, 3.63) is 58.3 Å². The van der Waals surface area contributed by atoms with E-state index in [0.717, 1.165) is 12.3 Å². The molecule has 1 heterocycles. The summed E-state index contributed by atoms with van der Waals surface area (Å²) >= 11 is 2.61. The molecule has 23 heavy (non-hydrogen) atoms. The number of hydrogen-bond donors (Lipinski definition) is 0. The Morgan fingerprint density at radius 3 is 2.13 bits per heavy atom. The fraction of sp³-hybridized carbons (Fsp3) is 0.154. The molecule has 0 unspecified atom stereocenters. The first kappa shape index (κ1) is 17.8. The van der Waals surface area contributed by atoms with Gasteiger partial charge >= 0.3 is 11.4 Å². The third kappa shape index (κ3) is 3.23. The molecule has 0 amide bonds. The number of benzene rings is 1. The highest BCUT2D eigenvalue weighted by Gasteiger charge is 2.50. The lowest BCUT2D eigenvalue weighted by molar-refractivity contribution is -0.137. The number of aromatic nitrogens is 1. The van der Waals surface area contributed by atoms with Crippen LogP contribution in [0.1, 0.15) is 11.3 Å². The second kappa shape index (κ2) is 5.82. The van der Waals surface area contributed by atoms with Crippen molar-refractivity contribution in [2.45, 2.75) is 16.3 Å². The lowest BCUT2D eigenvalue weighted by atomic mass is 10.2. The van der Waals surface area contributed by atoms with E-state index in [2.05, 4.69) is 20.9 Å². The monoisotopic (exact) mass is 415 g/mol. The molecule has 0 N–H and O–H groups in total. The molecule has 1 aromatic heterocycles. The predicted molar refractivity (Wildman–Crippen MR) is 74.5 cm³/mol. The van der Waals surface area contributed by atoms with Gasteiger partial charge in [0.15, 0.2) is 0 Å². The summed E-state index contributed by atoms with van der Waals surface area (Å²) in [5.41, 5.74) is -2.18. The first-order valence-corrected chi connectivity index (χ1v) is 8.16. The molecule has 0 spiro atoms. The van der Waals surface area contributed by atoms with Crippen LogP contribution >= 0.6 is 15.9 Å². The van der Waals surface area contributed by atoms with E-state index in [1.165, 1.54) is 12.1 Å². The maximum Gasteiger partial charge on any atom is 0.416 e. The zero-order valence-electron chi connectivity index (χ0n) is 11.0. The quantitative estimate of drug-likeness (QED) is 0.698. The van der Waals surface area contributed by atoms with Gasteiger partial charge in [0.1, 0.15) is 5.69 Å². The minimum absolute atomic E-state index is 0.423. The van der Waals surface area contributed by atoms with E-state index in [9.17, 15) is 30.4 Å². The maximum absolute atomic E-state index is 14.2. The molecule has 0 bridgehead atoms. The molecule has 1 aromatic carbocycles. The number of nitrogens with zero attached hydrogens (tertiary/aromatic N) is 1. The van der Waals surface area contributed by atoms with Gasteiger partial charge in [0.2, 0.25) is 0 Å². The second-order valence-corrected chi connectivity index (χ2v) is 7.19. The van der Waals surface area contributed by atoms with Crippen molar-refractivity contribution in [1.29, 1.82) is 0 Å². The average Bonchev–Trinajstić information content (AvgIpc) is 2.46. The Balaban J connectivity index is 2.57. The molecular formula is C13H7BrF5NO2S. The van der Waals surface area contributed by atoms with Crippen molar-refractivity contribution in [2.75, 3.05) is 0 Å². The van der Waals surface area contributed by atoms with Crippen molar-refractivity contribution in [3.8, 4) is 0 Å². The lowest BCUT2D eigenvalue weighted by Gasteiger charge is -2.18. The fourth-order valence-corrected chi connectivity index (χ4v) is 3.96. The molecule has 0 fully saturated rings. The Morgan fingerprint density at radius 2 is 1.65 bits per heavy atom. The van der Waals surface area contributed by atoms with Crippen LogP contribution in [0.4, 0.5) is 22.0 Å². The zero-order chi connectivity index (χ0) is 17.5. The van der Waals surface area contributed by atoms with E-state index in [-0.39, 0.29) is 0 Å². The smallest absolute Gasteiger partial charge is 0.254 e. The molecular weight excluding hydrogens is 409 g/mol. The third-order valence-electron chi connectivity index (χ3n) is 2.85. The highest BCUT2D eigenvalue weighted by atomic mass is 79.9. The van der Waals surface area contributed by atoms with E-state index >= 15 is 0 Å². The SMILES string of the molecule is O=S(=O)(c1ccc(C(F)(F)F)cc1Br)C(F)(F)c1ccccn1. The summed E-state index contributed by atoms with van der Waals surface area (Å²) in [6.45, 7) is 0. The van der Waals surface area contributed by atoms with Crippen LogP contribution in [0.5, 0.6) is 0 Å². The molecule has 3 nitrogen and oxygen atoms in total. The van der Waals surface area contributed by atoms with Crippen LogP contribution in [0.25, 0.3) is 0 Å². The summed E-state index contributed by atoms with van der Waals surface area (Å²) in [6.07, 6.45) is -3.74. The second-order valence-electron chi connectivity index (χ2n) is 4.38. The third-order valence-corrected chi connectivity index (χ3v) is 5.59. The van der Waals surface area contributed by atoms with Crippen LogP contribution < -0.4 is 0 Å². The molecule has 0 atom stereocenters. The number of alkyl halides is 5. The van der Waals surface area contributed by atoms with Crippen LogP contribution in [0.2, 0.25) is 0 Å². The largest absolute Gasteiger partial charge is 0.416 e. The standard InChI is InChI=1S/C13H7BrF5NO2S/c14-9-7-8(12(15,16)17)4-5-10(9)23(21,22)13(18,19)11-3-1-2-6-20-11/h1-7H. The Labute approximate surface area is 136 Å². The van der Waals surface area contributed by atoms with Crippen LogP contribution in [-0.2, 0) is 21.3 Å². The van der Waals surface area contributed by atoms with Gasteiger partial charge in [-0.15, -0.1) is 0 Å². The predicted octanol–water partition coefficient (Wildman–Crippen LogP) is 4.39. The van der Waals surface area contributed by atoms with E-state index in [1.54, 1.807) is 0 Å². The summed E-state index contributed by atoms with van der Waals surface area (Å²) in [4.78, 5) is 2.35. The van der Waals surface area contributed by atoms with Gasteiger partial charge in [-0.05, 0) is 46.3 Å². The summed E-state index contributed by atoms with van der Waals surface area (Å²) < 4.78 is 89.8. The molecule has 0 radical (unpaired) electrons. The van der Waals surface area contributed by atoms with E-state index < -0.39 is 41.9 Å². The van der Waals surface area contributed by atoms with Crippen molar-refractivity contribution in [3.63, 3.8) is 0 Å². The van der Waals surface area contributed by atoms with Gasteiger partial charge in [0, 0.05) is 10.7 Å². The highest BCUT2D eigenvalue weighted by Crippen LogP contribution is 2.41. The zero-order valence-corrected chi connectivity index (χ0v) is 13.4. The Bertz CT molecular complexity index is 822. The van der Waals surface area contributed by atoms with Gasteiger partial charge in [0.25, 0.3) is 9.84 Å². The van der Waals surface area contributed by atoms with Gasteiger partial charge in [-0.25, -0.2) is 8.42 Å². The van der Waals surface area contributed by atoms with Crippen molar-refractivity contribution < 1.29 is 30.4 Å². The van der Waals surface area contributed by atoms with Gasteiger partial charge < -0.3 is 0 Å². The van der Waals surface area contributed by atoms with Crippen LogP contribution in [0, 0.1) is 0 Å². The van der Waals surface area contributed by atoms with Crippen LogP contribution in [0.3, 0.4) is 0 Å². The van der Waals surface area contributed by atoms with Gasteiger partial charge in [-0.2, -0.15) is 22.0 Å². The molecule has 124 valence electrons. The molecule has 0 aliphatic carbocycles. The summed E-state index contributed by atoms with van der Waals surface area (Å²) in [7, 11) is -5.29. The Kier molecular flexibility index (Phi) is 4.51. The first-order chi connectivity index (χ1) is 10.5.